The molecule has 92 valence electrons. The third-order valence-corrected chi connectivity index (χ3v) is 3.97. The fourth-order valence-corrected chi connectivity index (χ4v) is 1.98. The molecule has 1 aromatic heterocycles. The standard InChI is InChI=1S/C13H9Br2NO2/c1-8(17)9-3-2-4-10(5-9)16-7-11-6-12(14)13(15)18-11/h2-7H,1H3. The lowest BCUT2D eigenvalue weighted by molar-refractivity contribution is 0.101. The average Bonchev–Trinajstić information content (AvgIpc) is 2.67. The van der Waals surface area contributed by atoms with Gasteiger partial charge in [-0.3, -0.25) is 9.79 Å². The average molecular weight is 371 g/mol. The van der Waals surface area contributed by atoms with Crippen LogP contribution in [0, 0.1) is 0 Å². The molecule has 2 rings (SSSR count). The maximum atomic E-state index is 11.2. The molecule has 0 saturated carbocycles. The van der Waals surface area contributed by atoms with E-state index in [4.69, 9.17) is 4.42 Å². The van der Waals surface area contributed by atoms with E-state index in [-0.39, 0.29) is 5.78 Å². The van der Waals surface area contributed by atoms with Crippen LogP contribution in [0.2, 0.25) is 0 Å². The lowest BCUT2D eigenvalue weighted by Gasteiger charge is -1.96. The minimum Gasteiger partial charge on any atom is -0.447 e. The molecular weight excluding hydrogens is 362 g/mol. The van der Waals surface area contributed by atoms with Crippen molar-refractivity contribution in [1.82, 2.24) is 0 Å². The molecule has 0 fully saturated rings. The number of furan rings is 1. The normalized spacial score (nSPS) is 11.1. The Morgan fingerprint density at radius 2 is 2.11 bits per heavy atom. The van der Waals surface area contributed by atoms with Crippen molar-refractivity contribution in [3.05, 3.63) is 50.8 Å². The summed E-state index contributed by atoms with van der Waals surface area (Å²) in [4.78, 5) is 15.5. The molecule has 5 heteroatoms. The first-order valence-corrected chi connectivity index (χ1v) is 6.75. The number of halogens is 2. The van der Waals surface area contributed by atoms with Gasteiger partial charge >= 0.3 is 0 Å². The van der Waals surface area contributed by atoms with Gasteiger partial charge in [0.25, 0.3) is 0 Å². The van der Waals surface area contributed by atoms with Crippen LogP contribution in [0.1, 0.15) is 23.0 Å². The molecule has 0 N–H and O–H groups in total. The summed E-state index contributed by atoms with van der Waals surface area (Å²) in [6.45, 7) is 1.53. The zero-order chi connectivity index (χ0) is 13.1. The number of carbonyl (C=O) groups excluding carboxylic acids is 1. The predicted octanol–water partition coefficient (Wildman–Crippen LogP) is 4.76. The quantitative estimate of drug-likeness (QED) is 0.577. The first-order chi connectivity index (χ1) is 8.56. The van der Waals surface area contributed by atoms with Crippen molar-refractivity contribution in [2.75, 3.05) is 0 Å². The second kappa shape index (κ2) is 5.63. The third-order valence-electron chi connectivity index (χ3n) is 2.26. The van der Waals surface area contributed by atoms with Gasteiger partial charge in [0, 0.05) is 11.6 Å². The van der Waals surface area contributed by atoms with Gasteiger partial charge in [0.15, 0.2) is 10.5 Å². The number of benzene rings is 1. The number of rotatable bonds is 3. The molecule has 0 atom stereocenters. The molecule has 2 aromatic rings. The summed E-state index contributed by atoms with van der Waals surface area (Å²) in [6, 6.07) is 8.95. The number of carbonyl (C=O) groups is 1. The molecule has 0 unspecified atom stereocenters. The number of aliphatic imine (C=N–C) groups is 1. The van der Waals surface area contributed by atoms with Gasteiger partial charge in [0.1, 0.15) is 5.76 Å². The molecule has 0 saturated heterocycles. The highest BCUT2D eigenvalue weighted by molar-refractivity contribution is 9.13. The van der Waals surface area contributed by atoms with Gasteiger partial charge < -0.3 is 4.42 Å². The van der Waals surface area contributed by atoms with Crippen molar-refractivity contribution in [2.24, 2.45) is 4.99 Å². The van der Waals surface area contributed by atoms with Crippen molar-refractivity contribution < 1.29 is 9.21 Å². The molecule has 1 heterocycles. The fourth-order valence-electron chi connectivity index (χ4n) is 1.37. The molecule has 3 nitrogen and oxygen atoms in total. The smallest absolute Gasteiger partial charge is 0.184 e. The Hall–Kier alpha value is -1.20. The molecule has 0 bridgehead atoms. The lowest BCUT2D eigenvalue weighted by atomic mass is 10.1. The Balaban J connectivity index is 2.23. The monoisotopic (exact) mass is 369 g/mol. The second-order valence-corrected chi connectivity index (χ2v) is 5.21. The van der Waals surface area contributed by atoms with E-state index >= 15 is 0 Å². The SMILES string of the molecule is CC(=O)c1cccc(N=Cc2cc(Br)c(Br)o2)c1. The molecule has 0 radical (unpaired) electrons. The van der Waals surface area contributed by atoms with Crippen LogP contribution in [0.5, 0.6) is 0 Å². The molecule has 1 aromatic carbocycles. The Labute approximate surface area is 121 Å². The summed E-state index contributed by atoms with van der Waals surface area (Å²) < 4.78 is 6.83. The highest BCUT2D eigenvalue weighted by atomic mass is 79.9. The van der Waals surface area contributed by atoms with Gasteiger partial charge in [-0.15, -0.1) is 0 Å². The van der Waals surface area contributed by atoms with Crippen molar-refractivity contribution in [3.8, 4) is 0 Å². The van der Waals surface area contributed by atoms with E-state index in [0.29, 0.717) is 21.7 Å². The van der Waals surface area contributed by atoms with Gasteiger partial charge in [0.05, 0.1) is 16.4 Å². The number of nitrogens with zero attached hydrogens (tertiary/aromatic N) is 1. The molecule has 0 aliphatic carbocycles. The van der Waals surface area contributed by atoms with Crippen LogP contribution in [-0.4, -0.2) is 12.0 Å². The van der Waals surface area contributed by atoms with E-state index in [1.807, 2.05) is 12.1 Å². The van der Waals surface area contributed by atoms with Crippen molar-refractivity contribution in [2.45, 2.75) is 6.92 Å². The van der Waals surface area contributed by atoms with Crippen molar-refractivity contribution in [3.63, 3.8) is 0 Å². The van der Waals surface area contributed by atoms with Gasteiger partial charge in [-0.2, -0.15) is 0 Å². The molecule has 0 aliphatic rings. The lowest BCUT2D eigenvalue weighted by Crippen LogP contribution is -1.89. The van der Waals surface area contributed by atoms with Crippen LogP contribution in [0.4, 0.5) is 5.69 Å². The number of hydrogen-bond donors (Lipinski definition) is 0. The predicted molar refractivity (Wildman–Crippen MR) is 77.8 cm³/mol. The van der Waals surface area contributed by atoms with E-state index in [2.05, 4.69) is 36.9 Å². The topological polar surface area (TPSA) is 42.6 Å². The van der Waals surface area contributed by atoms with Gasteiger partial charge in [-0.1, -0.05) is 12.1 Å². The summed E-state index contributed by atoms with van der Waals surface area (Å²) in [6.07, 6.45) is 1.61. The molecule has 18 heavy (non-hydrogen) atoms. The highest BCUT2D eigenvalue weighted by Gasteiger charge is 2.04. The van der Waals surface area contributed by atoms with Crippen molar-refractivity contribution in [1.29, 1.82) is 0 Å². The maximum absolute atomic E-state index is 11.2. The van der Waals surface area contributed by atoms with E-state index < -0.39 is 0 Å². The van der Waals surface area contributed by atoms with Crippen molar-refractivity contribution >= 4 is 49.5 Å². The van der Waals surface area contributed by atoms with Crippen LogP contribution in [0.25, 0.3) is 0 Å². The maximum Gasteiger partial charge on any atom is 0.184 e. The third kappa shape index (κ3) is 3.17. The Bertz CT molecular complexity index is 598. The van der Waals surface area contributed by atoms with Crippen LogP contribution in [-0.2, 0) is 0 Å². The summed E-state index contributed by atoms with van der Waals surface area (Å²) in [5.41, 5.74) is 1.36. The second-order valence-electron chi connectivity index (χ2n) is 3.64. The fraction of sp³-hybridized carbons (Fsp3) is 0.0769. The molecule has 0 spiro atoms. The van der Waals surface area contributed by atoms with Gasteiger partial charge in [-0.05, 0) is 50.9 Å². The van der Waals surface area contributed by atoms with Gasteiger partial charge in [0.2, 0.25) is 0 Å². The number of ketones is 1. The number of Topliss-reactive ketones (excluding diaryl/α,β-unsaturated/α-hetero) is 1. The van der Waals surface area contributed by atoms with E-state index in [0.717, 1.165) is 4.47 Å². The van der Waals surface area contributed by atoms with Crippen LogP contribution < -0.4 is 0 Å². The Kier molecular flexibility index (Phi) is 4.14. The number of hydrogen-bond acceptors (Lipinski definition) is 3. The summed E-state index contributed by atoms with van der Waals surface area (Å²) in [5.74, 6) is 0.650. The molecular formula is C13H9Br2NO2. The van der Waals surface area contributed by atoms with Crippen LogP contribution >= 0.6 is 31.9 Å². The molecule has 0 amide bonds. The van der Waals surface area contributed by atoms with E-state index in [9.17, 15) is 4.79 Å². The summed E-state index contributed by atoms with van der Waals surface area (Å²) in [5, 5.41) is 0. The first-order valence-electron chi connectivity index (χ1n) is 5.16. The Morgan fingerprint density at radius 1 is 1.33 bits per heavy atom. The minimum absolute atomic E-state index is 0.0236. The first kappa shape index (κ1) is 13.2. The van der Waals surface area contributed by atoms with E-state index in [1.165, 1.54) is 6.92 Å². The largest absolute Gasteiger partial charge is 0.447 e. The summed E-state index contributed by atoms with van der Waals surface area (Å²) >= 11 is 6.58. The Morgan fingerprint density at radius 3 is 2.72 bits per heavy atom. The minimum atomic E-state index is 0.0236. The van der Waals surface area contributed by atoms with E-state index in [1.54, 1.807) is 24.4 Å². The van der Waals surface area contributed by atoms with Crippen LogP contribution in [0.3, 0.4) is 0 Å². The zero-order valence-electron chi connectivity index (χ0n) is 9.48. The van der Waals surface area contributed by atoms with Crippen LogP contribution in [0.15, 0.2) is 48.9 Å². The zero-order valence-corrected chi connectivity index (χ0v) is 12.7. The summed E-state index contributed by atoms with van der Waals surface area (Å²) in [7, 11) is 0. The highest BCUT2D eigenvalue weighted by Crippen LogP contribution is 2.26. The van der Waals surface area contributed by atoms with Gasteiger partial charge in [-0.25, -0.2) is 0 Å². The molecule has 0 aliphatic heterocycles.